The summed E-state index contributed by atoms with van der Waals surface area (Å²) < 4.78 is 0. The smallest absolute Gasteiger partial charge is 0.241 e. The second-order valence-electron chi connectivity index (χ2n) is 4.72. The molecule has 0 aromatic heterocycles. The summed E-state index contributed by atoms with van der Waals surface area (Å²) in [5.41, 5.74) is 7.54. The minimum absolute atomic E-state index is 0.268. The highest BCUT2D eigenvalue weighted by Crippen LogP contribution is 2.29. The van der Waals surface area contributed by atoms with Gasteiger partial charge in [0.05, 0.1) is 21.8 Å². The molecule has 0 radical (unpaired) electrons. The number of amides is 1. The standard InChI is InChI=1S/C16H16Cl2N2O/c17-12-7-4-8-14(15(12)18)20-16(21)13(19)10-9-11-5-2-1-3-6-11/h1-8,13H,9-10,19H2,(H,20,21)/t13-/m0/s1. The molecule has 2 aromatic rings. The molecule has 0 spiro atoms. The van der Waals surface area contributed by atoms with E-state index in [0.717, 1.165) is 12.0 Å². The number of aryl methyl sites for hydroxylation is 1. The van der Waals surface area contributed by atoms with E-state index in [1.54, 1.807) is 18.2 Å². The molecule has 2 aromatic carbocycles. The summed E-state index contributed by atoms with van der Waals surface area (Å²) in [6, 6.07) is 14.4. The first kappa shape index (κ1) is 15.8. The summed E-state index contributed by atoms with van der Waals surface area (Å²) >= 11 is 11.9. The first-order chi connectivity index (χ1) is 10.1. The van der Waals surface area contributed by atoms with E-state index in [1.807, 2.05) is 30.3 Å². The van der Waals surface area contributed by atoms with Crippen molar-refractivity contribution in [1.82, 2.24) is 0 Å². The van der Waals surface area contributed by atoms with Crippen LogP contribution in [0.3, 0.4) is 0 Å². The fourth-order valence-corrected chi connectivity index (χ4v) is 2.27. The zero-order chi connectivity index (χ0) is 15.2. The summed E-state index contributed by atoms with van der Waals surface area (Å²) in [5.74, 6) is -0.268. The molecule has 21 heavy (non-hydrogen) atoms. The number of hydrogen-bond acceptors (Lipinski definition) is 2. The van der Waals surface area contributed by atoms with E-state index >= 15 is 0 Å². The number of rotatable bonds is 5. The average molecular weight is 323 g/mol. The molecule has 0 unspecified atom stereocenters. The van der Waals surface area contributed by atoms with E-state index in [0.29, 0.717) is 22.2 Å². The van der Waals surface area contributed by atoms with Crippen LogP contribution in [-0.4, -0.2) is 11.9 Å². The predicted octanol–water partition coefficient (Wildman–Crippen LogP) is 3.89. The SMILES string of the molecule is N[C@@H](CCc1ccccc1)C(=O)Nc1cccc(Cl)c1Cl. The number of nitrogens with one attached hydrogen (secondary N) is 1. The second-order valence-corrected chi connectivity index (χ2v) is 5.51. The van der Waals surface area contributed by atoms with Crippen molar-refractivity contribution in [3.63, 3.8) is 0 Å². The number of carbonyl (C=O) groups excluding carboxylic acids is 1. The number of halogens is 2. The largest absolute Gasteiger partial charge is 0.323 e. The maximum Gasteiger partial charge on any atom is 0.241 e. The first-order valence-electron chi connectivity index (χ1n) is 6.62. The Balaban J connectivity index is 1.92. The van der Waals surface area contributed by atoms with Gasteiger partial charge in [0, 0.05) is 0 Å². The highest BCUT2D eigenvalue weighted by Gasteiger charge is 2.15. The fraction of sp³-hybridized carbons (Fsp3) is 0.188. The van der Waals surface area contributed by atoms with Gasteiger partial charge in [-0.2, -0.15) is 0 Å². The van der Waals surface area contributed by atoms with E-state index in [2.05, 4.69) is 5.32 Å². The van der Waals surface area contributed by atoms with Gasteiger partial charge in [0.2, 0.25) is 5.91 Å². The van der Waals surface area contributed by atoms with Gasteiger partial charge in [-0.15, -0.1) is 0 Å². The van der Waals surface area contributed by atoms with Crippen LogP contribution in [0.4, 0.5) is 5.69 Å². The minimum atomic E-state index is -0.597. The summed E-state index contributed by atoms with van der Waals surface area (Å²) in [4.78, 5) is 12.1. The summed E-state index contributed by atoms with van der Waals surface area (Å²) in [7, 11) is 0. The lowest BCUT2D eigenvalue weighted by Gasteiger charge is -2.13. The normalized spacial score (nSPS) is 12.0. The van der Waals surface area contributed by atoms with Crippen molar-refractivity contribution in [1.29, 1.82) is 0 Å². The summed E-state index contributed by atoms with van der Waals surface area (Å²) in [6.07, 6.45) is 1.31. The Hall–Kier alpha value is -1.55. The Morgan fingerprint density at radius 3 is 2.52 bits per heavy atom. The van der Waals surface area contributed by atoms with Gasteiger partial charge in [-0.05, 0) is 30.5 Å². The molecule has 1 atom stereocenters. The maximum atomic E-state index is 12.1. The third-order valence-corrected chi connectivity index (χ3v) is 3.95. The molecular weight excluding hydrogens is 307 g/mol. The van der Waals surface area contributed by atoms with Gasteiger partial charge in [0.25, 0.3) is 0 Å². The van der Waals surface area contributed by atoms with Crippen LogP contribution in [0.2, 0.25) is 10.0 Å². The molecule has 0 bridgehead atoms. The number of anilines is 1. The lowest BCUT2D eigenvalue weighted by molar-refractivity contribution is -0.117. The third-order valence-electron chi connectivity index (χ3n) is 3.13. The predicted molar refractivity (Wildman–Crippen MR) is 87.8 cm³/mol. The van der Waals surface area contributed by atoms with Crippen LogP contribution in [0.1, 0.15) is 12.0 Å². The average Bonchev–Trinajstić information content (AvgIpc) is 2.50. The van der Waals surface area contributed by atoms with E-state index in [9.17, 15) is 4.79 Å². The molecule has 3 N–H and O–H groups in total. The van der Waals surface area contributed by atoms with Gasteiger partial charge in [-0.3, -0.25) is 4.79 Å². The van der Waals surface area contributed by atoms with Gasteiger partial charge < -0.3 is 11.1 Å². The van der Waals surface area contributed by atoms with E-state index in [4.69, 9.17) is 28.9 Å². The zero-order valence-electron chi connectivity index (χ0n) is 11.4. The van der Waals surface area contributed by atoms with Crippen LogP contribution >= 0.6 is 23.2 Å². The molecule has 0 saturated carbocycles. The van der Waals surface area contributed by atoms with E-state index in [-0.39, 0.29) is 5.91 Å². The van der Waals surface area contributed by atoms with E-state index in [1.165, 1.54) is 0 Å². The monoisotopic (exact) mass is 322 g/mol. The van der Waals surface area contributed by atoms with Crippen LogP contribution in [0.25, 0.3) is 0 Å². The molecule has 0 saturated heterocycles. The number of benzene rings is 2. The highest BCUT2D eigenvalue weighted by atomic mass is 35.5. The molecule has 0 heterocycles. The van der Waals surface area contributed by atoms with Crippen LogP contribution in [0, 0.1) is 0 Å². The molecule has 2 rings (SSSR count). The Morgan fingerprint density at radius 1 is 1.10 bits per heavy atom. The lowest BCUT2D eigenvalue weighted by atomic mass is 10.1. The second kappa shape index (κ2) is 7.46. The summed E-state index contributed by atoms with van der Waals surface area (Å²) in [6.45, 7) is 0. The Kier molecular flexibility index (Phi) is 5.62. The quantitative estimate of drug-likeness (QED) is 0.877. The number of hydrogen-bond donors (Lipinski definition) is 2. The topological polar surface area (TPSA) is 55.1 Å². The molecule has 1 amide bonds. The van der Waals surface area contributed by atoms with Gasteiger partial charge in [0.1, 0.15) is 0 Å². The number of carbonyl (C=O) groups is 1. The molecule has 5 heteroatoms. The van der Waals surface area contributed by atoms with Crippen molar-refractivity contribution in [3.05, 3.63) is 64.1 Å². The van der Waals surface area contributed by atoms with Crippen LogP contribution in [-0.2, 0) is 11.2 Å². The van der Waals surface area contributed by atoms with Crippen LogP contribution in [0.5, 0.6) is 0 Å². The van der Waals surface area contributed by atoms with Gasteiger partial charge in [-0.1, -0.05) is 59.6 Å². The van der Waals surface area contributed by atoms with Gasteiger partial charge in [-0.25, -0.2) is 0 Å². The Labute approximate surface area is 134 Å². The molecule has 0 aliphatic rings. The molecule has 0 fully saturated rings. The van der Waals surface area contributed by atoms with Crippen LogP contribution < -0.4 is 11.1 Å². The Morgan fingerprint density at radius 2 is 1.81 bits per heavy atom. The lowest BCUT2D eigenvalue weighted by Crippen LogP contribution is -2.36. The van der Waals surface area contributed by atoms with Crippen molar-refractivity contribution in [2.24, 2.45) is 5.73 Å². The minimum Gasteiger partial charge on any atom is -0.323 e. The van der Waals surface area contributed by atoms with Gasteiger partial charge in [0.15, 0.2) is 0 Å². The van der Waals surface area contributed by atoms with Crippen LogP contribution in [0.15, 0.2) is 48.5 Å². The van der Waals surface area contributed by atoms with Crippen molar-refractivity contribution >= 4 is 34.8 Å². The molecule has 0 aliphatic carbocycles. The highest BCUT2D eigenvalue weighted by molar-refractivity contribution is 6.44. The van der Waals surface area contributed by atoms with Crippen molar-refractivity contribution in [3.8, 4) is 0 Å². The van der Waals surface area contributed by atoms with Gasteiger partial charge >= 0.3 is 0 Å². The fourth-order valence-electron chi connectivity index (χ4n) is 1.92. The maximum absolute atomic E-state index is 12.1. The zero-order valence-corrected chi connectivity index (χ0v) is 12.9. The molecule has 0 aliphatic heterocycles. The number of nitrogens with two attached hydrogens (primary N) is 1. The third kappa shape index (κ3) is 4.46. The Bertz CT molecular complexity index is 617. The molecular formula is C16H16Cl2N2O. The van der Waals surface area contributed by atoms with Crippen molar-refractivity contribution < 1.29 is 4.79 Å². The van der Waals surface area contributed by atoms with E-state index < -0.39 is 6.04 Å². The summed E-state index contributed by atoms with van der Waals surface area (Å²) in [5, 5.41) is 3.42. The van der Waals surface area contributed by atoms with Crippen molar-refractivity contribution in [2.75, 3.05) is 5.32 Å². The molecule has 3 nitrogen and oxygen atoms in total. The van der Waals surface area contributed by atoms with Crippen molar-refractivity contribution in [2.45, 2.75) is 18.9 Å². The first-order valence-corrected chi connectivity index (χ1v) is 7.38. The molecule has 110 valence electrons.